The van der Waals surface area contributed by atoms with Crippen LogP contribution in [-0.4, -0.2) is 18.5 Å². The molecule has 134 valence electrons. The molecule has 0 aromatic rings. The number of carbonyl (C=O) groups is 1. The molecule has 0 spiro atoms. The van der Waals surface area contributed by atoms with Crippen LogP contribution in [0.5, 0.6) is 0 Å². The van der Waals surface area contributed by atoms with E-state index in [4.69, 9.17) is 5.73 Å². The summed E-state index contributed by atoms with van der Waals surface area (Å²) in [5.41, 5.74) is 5.82. The van der Waals surface area contributed by atoms with Gasteiger partial charge in [-0.3, -0.25) is 4.79 Å². The summed E-state index contributed by atoms with van der Waals surface area (Å²) in [4.78, 5) is 11.7. The molecule has 3 N–H and O–H groups in total. The summed E-state index contributed by atoms with van der Waals surface area (Å²) in [7, 11) is 0. The summed E-state index contributed by atoms with van der Waals surface area (Å²) >= 11 is 0. The van der Waals surface area contributed by atoms with E-state index in [0.717, 1.165) is 32.2 Å². The smallest absolute Gasteiger partial charge is 0.236 e. The third-order valence-electron chi connectivity index (χ3n) is 4.04. The number of rotatable bonds is 15. The Morgan fingerprint density at radius 2 is 1.27 bits per heavy atom. The van der Waals surface area contributed by atoms with Crippen LogP contribution in [0.2, 0.25) is 0 Å². The third kappa shape index (κ3) is 16.1. The van der Waals surface area contributed by atoms with Crippen molar-refractivity contribution in [1.82, 2.24) is 5.32 Å². The molecule has 0 aliphatic carbocycles. The largest absolute Gasteiger partial charge is 0.355 e. The van der Waals surface area contributed by atoms with Gasteiger partial charge < -0.3 is 11.1 Å². The Morgan fingerprint density at radius 1 is 0.818 bits per heavy atom. The van der Waals surface area contributed by atoms with Crippen LogP contribution in [0.15, 0.2) is 0 Å². The van der Waals surface area contributed by atoms with Crippen LogP contribution >= 0.6 is 12.4 Å². The summed E-state index contributed by atoms with van der Waals surface area (Å²) in [6.45, 7) is 5.17. The molecular formula is C18H39ClN2O. The van der Waals surface area contributed by atoms with Crippen LogP contribution in [0.3, 0.4) is 0 Å². The average molecular weight is 335 g/mol. The van der Waals surface area contributed by atoms with Crippen molar-refractivity contribution >= 4 is 18.3 Å². The zero-order valence-corrected chi connectivity index (χ0v) is 15.7. The van der Waals surface area contributed by atoms with Crippen molar-refractivity contribution < 1.29 is 4.79 Å². The van der Waals surface area contributed by atoms with Gasteiger partial charge in [0, 0.05) is 6.54 Å². The number of amides is 1. The van der Waals surface area contributed by atoms with Crippen LogP contribution in [-0.2, 0) is 4.79 Å². The molecule has 0 bridgehead atoms. The Hall–Kier alpha value is -0.280. The van der Waals surface area contributed by atoms with E-state index in [1.165, 1.54) is 57.8 Å². The predicted molar refractivity (Wildman–Crippen MR) is 99.6 cm³/mol. The van der Waals surface area contributed by atoms with Crippen molar-refractivity contribution in [3.05, 3.63) is 0 Å². The molecule has 0 aromatic heterocycles. The van der Waals surface area contributed by atoms with Gasteiger partial charge in [-0.1, -0.05) is 84.5 Å². The number of unbranched alkanes of at least 4 members (excludes halogenated alkanes) is 10. The van der Waals surface area contributed by atoms with Crippen molar-refractivity contribution in [3.63, 3.8) is 0 Å². The normalized spacial score (nSPS) is 11.8. The van der Waals surface area contributed by atoms with Gasteiger partial charge in [0.2, 0.25) is 5.91 Å². The van der Waals surface area contributed by atoms with E-state index in [9.17, 15) is 4.79 Å². The lowest BCUT2D eigenvalue weighted by Gasteiger charge is -2.11. The van der Waals surface area contributed by atoms with Crippen molar-refractivity contribution in [3.8, 4) is 0 Å². The number of nitrogens with two attached hydrogens (primary N) is 1. The molecule has 3 nitrogen and oxygen atoms in total. The molecule has 0 aliphatic heterocycles. The zero-order chi connectivity index (χ0) is 15.8. The van der Waals surface area contributed by atoms with E-state index in [0.29, 0.717) is 0 Å². The monoisotopic (exact) mass is 334 g/mol. The lowest BCUT2D eigenvalue weighted by atomic mass is 10.1. The van der Waals surface area contributed by atoms with E-state index in [1.54, 1.807) is 0 Å². The molecule has 0 heterocycles. The maximum atomic E-state index is 11.7. The lowest BCUT2D eigenvalue weighted by molar-refractivity contribution is -0.122. The maximum absolute atomic E-state index is 11.7. The van der Waals surface area contributed by atoms with Gasteiger partial charge in [0.25, 0.3) is 0 Å². The minimum Gasteiger partial charge on any atom is -0.355 e. The fourth-order valence-electron chi connectivity index (χ4n) is 2.51. The molecule has 0 aliphatic rings. The molecule has 1 unspecified atom stereocenters. The minimum atomic E-state index is -0.312. The second-order valence-electron chi connectivity index (χ2n) is 6.22. The molecule has 0 fully saturated rings. The summed E-state index contributed by atoms with van der Waals surface area (Å²) in [5, 5.41) is 2.95. The highest BCUT2D eigenvalue weighted by Crippen LogP contribution is 2.10. The topological polar surface area (TPSA) is 55.1 Å². The average Bonchev–Trinajstić information content (AvgIpc) is 2.49. The highest BCUT2D eigenvalue weighted by Gasteiger charge is 2.11. The highest BCUT2D eigenvalue weighted by atomic mass is 35.5. The number of halogens is 1. The number of carbonyl (C=O) groups excluding carboxylic acids is 1. The van der Waals surface area contributed by atoms with Gasteiger partial charge in [-0.25, -0.2) is 0 Å². The number of hydrogen-bond acceptors (Lipinski definition) is 2. The molecule has 0 radical (unpaired) electrons. The zero-order valence-electron chi connectivity index (χ0n) is 14.9. The van der Waals surface area contributed by atoms with Gasteiger partial charge in [0.05, 0.1) is 6.04 Å². The summed E-state index contributed by atoms with van der Waals surface area (Å²) in [5.74, 6) is 0.0272. The fraction of sp³-hybridized carbons (Fsp3) is 0.944. The van der Waals surface area contributed by atoms with Crippen LogP contribution in [0.25, 0.3) is 0 Å². The van der Waals surface area contributed by atoms with Crippen LogP contribution in [0, 0.1) is 0 Å². The van der Waals surface area contributed by atoms with E-state index in [-0.39, 0.29) is 24.4 Å². The Morgan fingerprint density at radius 3 is 1.77 bits per heavy atom. The molecular weight excluding hydrogens is 296 g/mol. The molecule has 0 saturated heterocycles. The Bertz CT molecular complexity index is 237. The van der Waals surface area contributed by atoms with Gasteiger partial charge in [0.15, 0.2) is 0 Å². The van der Waals surface area contributed by atoms with Crippen LogP contribution in [0.4, 0.5) is 0 Å². The lowest BCUT2D eigenvalue weighted by Crippen LogP contribution is -2.40. The van der Waals surface area contributed by atoms with Gasteiger partial charge in [0.1, 0.15) is 0 Å². The van der Waals surface area contributed by atoms with E-state index < -0.39 is 0 Å². The molecule has 1 atom stereocenters. The number of nitrogens with one attached hydrogen (secondary N) is 1. The van der Waals surface area contributed by atoms with Crippen molar-refractivity contribution in [1.29, 1.82) is 0 Å². The van der Waals surface area contributed by atoms with Crippen molar-refractivity contribution in [2.75, 3.05) is 6.54 Å². The maximum Gasteiger partial charge on any atom is 0.236 e. The first kappa shape index (κ1) is 24.0. The predicted octanol–water partition coefficient (Wildman–Crippen LogP) is 4.96. The summed E-state index contributed by atoms with van der Waals surface area (Å²) in [6, 6.07) is -0.312. The fourth-order valence-corrected chi connectivity index (χ4v) is 2.51. The molecule has 0 aromatic carbocycles. The summed E-state index contributed by atoms with van der Waals surface area (Å²) < 4.78 is 0. The number of hydrogen-bond donors (Lipinski definition) is 2. The first-order valence-corrected chi connectivity index (χ1v) is 9.25. The molecule has 0 rings (SSSR count). The molecule has 0 saturated carbocycles. The van der Waals surface area contributed by atoms with Gasteiger partial charge in [-0.2, -0.15) is 0 Å². The Labute approximate surface area is 144 Å². The Kier molecular flexibility index (Phi) is 20.5. The van der Waals surface area contributed by atoms with Crippen LogP contribution in [0.1, 0.15) is 97.3 Å². The molecule has 4 heteroatoms. The summed E-state index contributed by atoms with van der Waals surface area (Å²) in [6.07, 6.45) is 16.2. The molecule has 22 heavy (non-hydrogen) atoms. The second-order valence-corrected chi connectivity index (χ2v) is 6.22. The van der Waals surface area contributed by atoms with Gasteiger partial charge in [-0.05, 0) is 12.8 Å². The van der Waals surface area contributed by atoms with E-state index in [2.05, 4.69) is 19.2 Å². The van der Waals surface area contributed by atoms with Crippen molar-refractivity contribution in [2.24, 2.45) is 5.73 Å². The Balaban J connectivity index is 0. The quantitative estimate of drug-likeness (QED) is 0.416. The van der Waals surface area contributed by atoms with E-state index in [1.807, 2.05) is 0 Å². The van der Waals surface area contributed by atoms with Gasteiger partial charge >= 0.3 is 0 Å². The van der Waals surface area contributed by atoms with Gasteiger partial charge in [-0.15, -0.1) is 12.4 Å². The SMILES string of the molecule is CCCCCCCCCCCCNC(=O)C(N)CCCC.Cl. The second kappa shape index (κ2) is 18.8. The first-order chi connectivity index (χ1) is 10.2. The standard InChI is InChI=1S/C18H38N2O.ClH/c1-3-5-7-8-9-10-11-12-13-14-16-20-18(21)17(19)15-6-4-2;/h17H,3-16,19H2,1-2H3,(H,20,21);1H. The van der Waals surface area contributed by atoms with Crippen molar-refractivity contribution in [2.45, 2.75) is 103 Å². The first-order valence-electron chi connectivity index (χ1n) is 9.25. The van der Waals surface area contributed by atoms with Crippen LogP contribution < -0.4 is 11.1 Å². The minimum absolute atomic E-state index is 0. The van der Waals surface area contributed by atoms with E-state index >= 15 is 0 Å². The third-order valence-corrected chi connectivity index (χ3v) is 4.04. The molecule has 1 amide bonds. The highest BCUT2D eigenvalue weighted by molar-refractivity contribution is 5.85.